The van der Waals surface area contributed by atoms with Gasteiger partial charge in [0.05, 0.1) is 0 Å². The molecule has 0 bridgehead atoms. The first-order valence-electron chi connectivity index (χ1n) is 1.85. The molecule has 1 unspecified atom stereocenters. The van der Waals surface area contributed by atoms with E-state index in [0.29, 0.717) is 0 Å². The Morgan fingerprint density at radius 3 is 2.75 bits per heavy atom. The molecule has 0 rings (SSSR count). The normalized spacial score (nSPS) is 13.8. The topological polar surface area (TPSA) is 55.8 Å². The third-order valence-corrected chi connectivity index (χ3v) is 0.551. The fourth-order valence-corrected chi connectivity index (χ4v) is 0.308. The summed E-state index contributed by atoms with van der Waals surface area (Å²) in [6.07, 6.45) is 0. The molecule has 50 valence electrons. The standard InChI is InChI=1S/C2H6FO4P/c3-1-2-6-7-8(4)5/h8H,1-2H2,(H,4,5). The van der Waals surface area contributed by atoms with E-state index in [9.17, 15) is 8.96 Å². The Hall–Kier alpha value is 0.0400. The number of alkyl halides is 1. The Morgan fingerprint density at radius 2 is 2.38 bits per heavy atom. The summed E-state index contributed by atoms with van der Waals surface area (Å²) in [5.74, 6) is 0. The Kier molecular flexibility index (Phi) is 5.21. The first-order chi connectivity index (χ1) is 3.77. The van der Waals surface area contributed by atoms with Crippen molar-refractivity contribution in [2.24, 2.45) is 0 Å². The molecule has 0 aliphatic carbocycles. The van der Waals surface area contributed by atoms with E-state index in [1.54, 1.807) is 0 Å². The van der Waals surface area contributed by atoms with Gasteiger partial charge in [0.25, 0.3) is 0 Å². The number of halogens is 1. The molecule has 0 spiro atoms. The molecule has 0 radical (unpaired) electrons. The molecule has 1 atom stereocenters. The van der Waals surface area contributed by atoms with E-state index in [2.05, 4.69) is 9.56 Å². The zero-order valence-corrected chi connectivity index (χ0v) is 4.96. The van der Waals surface area contributed by atoms with Crippen molar-refractivity contribution in [3.05, 3.63) is 0 Å². The average Bonchev–Trinajstić information content (AvgIpc) is 1.66. The van der Waals surface area contributed by atoms with Gasteiger partial charge in [-0.15, -0.1) is 0 Å². The second kappa shape index (κ2) is 5.18. The van der Waals surface area contributed by atoms with E-state index < -0.39 is 14.9 Å². The zero-order valence-electron chi connectivity index (χ0n) is 3.96. The highest BCUT2D eigenvalue weighted by molar-refractivity contribution is 7.31. The van der Waals surface area contributed by atoms with Crippen LogP contribution >= 0.6 is 8.25 Å². The summed E-state index contributed by atoms with van der Waals surface area (Å²) < 4.78 is 24.3. The van der Waals surface area contributed by atoms with Crippen molar-refractivity contribution in [2.45, 2.75) is 0 Å². The van der Waals surface area contributed by atoms with Gasteiger partial charge in [0.2, 0.25) is 0 Å². The highest BCUT2D eigenvalue weighted by Crippen LogP contribution is 2.13. The third kappa shape index (κ3) is 6.04. The molecule has 0 aliphatic rings. The van der Waals surface area contributed by atoms with Crippen LogP contribution in [-0.4, -0.2) is 18.2 Å². The van der Waals surface area contributed by atoms with Gasteiger partial charge < -0.3 is 4.89 Å². The minimum Gasteiger partial charge on any atom is -0.325 e. The monoisotopic (exact) mass is 144 g/mol. The molecule has 8 heavy (non-hydrogen) atoms. The zero-order chi connectivity index (χ0) is 6.41. The van der Waals surface area contributed by atoms with Crippen molar-refractivity contribution >= 4 is 8.25 Å². The number of hydrogen-bond donors (Lipinski definition) is 1. The second-order valence-electron chi connectivity index (χ2n) is 0.860. The van der Waals surface area contributed by atoms with Gasteiger partial charge in [0.1, 0.15) is 13.3 Å². The van der Waals surface area contributed by atoms with E-state index in [0.717, 1.165) is 0 Å². The van der Waals surface area contributed by atoms with Crippen molar-refractivity contribution in [2.75, 3.05) is 13.3 Å². The van der Waals surface area contributed by atoms with Gasteiger partial charge in [-0.05, 0) is 0 Å². The second-order valence-corrected chi connectivity index (χ2v) is 1.56. The van der Waals surface area contributed by atoms with Crippen LogP contribution in [0.2, 0.25) is 0 Å². The van der Waals surface area contributed by atoms with Gasteiger partial charge in [0.15, 0.2) is 0 Å². The van der Waals surface area contributed by atoms with Crippen molar-refractivity contribution in [3.8, 4) is 0 Å². The molecular weight excluding hydrogens is 138 g/mol. The predicted octanol–water partition coefficient (Wildman–Crippen LogP) is 0.286. The molecule has 0 aromatic rings. The molecule has 0 heterocycles. The molecule has 1 N–H and O–H groups in total. The van der Waals surface area contributed by atoms with Gasteiger partial charge in [-0.3, -0.25) is 4.57 Å². The van der Waals surface area contributed by atoms with Gasteiger partial charge in [-0.25, -0.2) is 9.28 Å². The lowest BCUT2D eigenvalue weighted by Gasteiger charge is -1.93. The molecule has 6 heteroatoms. The molecule has 0 fully saturated rings. The van der Waals surface area contributed by atoms with Crippen molar-refractivity contribution in [1.29, 1.82) is 0 Å². The Morgan fingerprint density at radius 1 is 1.75 bits per heavy atom. The number of rotatable bonds is 4. The summed E-state index contributed by atoms with van der Waals surface area (Å²) in [5, 5.41) is 0. The SMILES string of the molecule is O=[PH](O)OOCCF. The molecule has 0 aromatic carbocycles. The van der Waals surface area contributed by atoms with Crippen LogP contribution in [0.25, 0.3) is 0 Å². The molecule has 0 amide bonds. The maximum absolute atomic E-state index is 11.1. The summed E-state index contributed by atoms with van der Waals surface area (Å²) in [6.45, 7) is -1.04. The molecular formula is C2H6FO4P. The van der Waals surface area contributed by atoms with Gasteiger partial charge in [0, 0.05) is 0 Å². The lowest BCUT2D eigenvalue weighted by molar-refractivity contribution is -0.209. The van der Waals surface area contributed by atoms with Crippen LogP contribution in [0, 0.1) is 0 Å². The molecule has 0 aliphatic heterocycles. The Balaban J connectivity index is 2.82. The van der Waals surface area contributed by atoms with E-state index in [1.165, 1.54) is 0 Å². The quantitative estimate of drug-likeness (QED) is 0.266. The molecule has 0 saturated carbocycles. The molecule has 0 aromatic heterocycles. The van der Waals surface area contributed by atoms with Crippen LogP contribution in [0.15, 0.2) is 0 Å². The lowest BCUT2D eigenvalue weighted by atomic mass is 10.8. The van der Waals surface area contributed by atoms with E-state index in [4.69, 9.17) is 4.89 Å². The van der Waals surface area contributed by atoms with Crippen LogP contribution < -0.4 is 0 Å². The third-order valence-electron chi connectivity index (χ3n) is 0.291. The van der Waals surface area contributed by atoms with Crippen molar-refractivity contribution in [1.82, 2.24) is 0 Å². The van der Waals surface area contributed by atoms with Crippen molar-refractivity contribution < 1.29 is 23.4 Å². The minimum atomic E-state index is -3.05. The molecule has 0 saturated heterocycles. The van der Waals surface area contributed by atoms with Crippen LogP contribution in [0.5, 0.6) is 0 Å². The number of hydrogen-bond acceptors (Lipinski definition) is 3. The summed E-state index contributed by atoms with van der Waals surface area (Å²) >= 11 is 0. The fraction of sp³-hybridized carbons (Fsp3) is 1.00. The molecule has 4 nitrogen and oxygen atoms in total. The van der Waals surface area contributed by atoms with Crippen molar-refractivity contribution in [3.63, 3.8) is 0 Å². The fourth-order valence-electron chi connectivity index (χ4n) is 0.124. The maximum atomic E-state index is 11.1. The van der Waals surface area contributed by atoms with E-state index in [1.807, 2.05) is 0 Å². The summed E-state index contributed by atoms with van der Waals surface area (Å²) in [4.78, 5) is 11.7. The van der Waals surface area contributed by atoms with Gasteiger partial charge >= 0.3 is 8.25 Å². The van der Waals surface area contributed by atoms with Gasteiger partial charge in [-0.1, -0.05) is 0 Å². The highest BCUT2D eigenvalue weighted by Gasteiger charge is 1.89. The maximum Gasteiger partial charge on any atom is 0.344 e. The Bertz CT molecular complexity index is 76.4. The average molecular weight is 144 g/mol. The largest absolute Gasteiger partial charge is 0.344 e. The summed E-state index contributed by atoms with van der Waals surface area (Å²) in [5.41, 5.74) is 0. The van der Waals surface area contributed by atoms with Crippen LogP contribution in [0.4, 0.5) is 4.39 Å². The first-order valence-corrected chi connectivity index (χ1v) is 3.12. The van der Waals surface area contributed by atoms with Gasteiger partial charge in [-0.2, -0.15) is 4.67 Å². The Labute approximate surface area is 46.1 Å². The summed E-state index contributed by atoms with van der Waals surface area (Å²) in [7, 11) is -3.05. The predicted molar refractivity (Wildman–Crippen MR) is 24.2 cm³/mol. The van der Waals surface area contributed by atoms with Crippen LogP contribution in [0.1, 0.15) is 0 Å². The summed E-state index contributed by atoms with van der Waals surface area (Å²) in [6, 6.07) is 0. The highest BCUT2D eigenvalue weighted by atomic mass is 31.1. The van der Waals surface area contributed by atoms with Crippen LogP contribution in [-0.2, 0) is 14.1 Å². The van der Waals surface area contributed by atoms with Crippen LogP contribution in [0.3, 0.4) is 0 Å². The smallest absolute Gasteiger partial charge is 0.325 e. The minimum absolute atomic E-state index is 0.309. The van der Waals surface area contributed by atoms with E-state index >= 15 is 0 Å². The lowest BCUT2D eigenvalue weighted by Crippen LogP contribution is -1.91. The first kappa shape index (κ1) is 8.04. The van der Waals surface area contributed by atoms with E-state index in [-0.39, 0.29) is 6.61 Å².